The van der Waals surface area contributed by atoms with E-state index in [0.29, 0.717) is 38.2 Å². The van der Waals surface area contributed by atoms with E-state index < -0.39 is 29.8 Å². The summed E-state index contributed by atoms with van der Waals surface area (Å²) in [6.45, 7) is 0.440. The van der Waals surface area contributed by atoms with Crippen molar-refractivity contribution in [2.75, 3.05) is 13.2 Å². The van der Waals surface area contributed by atoms with Crippen molar-refractivity contribution in [1.29, 1.82) is 0 Å². The zero-order chi connectivity index (χ0) is 22.4. The van der Waals surface area contributed by atoms with Crippen LogP contribution >= 0.6 is 0 Å². The van der Waals surface area contributed by atoms with Gasteiger partial charge in [0.2, 0.25) is 0 Å². The second-order valence-corrected chi connectivity index (χ2v) is 8.85. The summed E-state index contributed by atoms with van der Waals surface area (Å²) >= 11 is 0. The number of ether oxygens (including phenoxy) is 2. The van der Waals surface area contributed by atoms with Crippen molar-refractivity contribution in [3.05, 3.63) is 29.8 Å². The van der Waals surface area contributed by atoms with Gasteiger partial charge in [0.15, 0.2) is 11.6 Å². The molecule has 1 saturated carbocycles. The molecule has 1 aliphatic carbocycles. The Morgan fingerprint density at radius 2 is 2.06 bits per heavy atom. The lowest BCUT2D eigenvalue weighted by molar-refractivity contribution is -0.137. The maximum atomic E-state index is 13.6. The second kappa shape index (κ2) is 11.2. The fourth-order valence-electron chi connectivity index (χ4n) is 4.93. The molecule has 2 aliphatic rings. The molecule has 8 heteroatoms. The molecule has 6 nitrogen and oxygen atoms in total. The molecule has 0 amide bonds. The number of halogens is 2. The standard InChI is InChI=1S/C23H32F2O6/c24-15-5-9-19(25)22(10-15)31-13-16(26)6-8-17-18-7-4-14(2-1-3-23(28)29)12-30-21(18)11-20(17)27/h5,9-10,14,16-18,20-21,26-27H,1-4,6-8,11-13H2,(H,28,29)/t14-,16?,17+,18+,20+,21-/m0/s1. The summed E-state index contributed by atoms with van der Waals surface area (Å²) in [5.74, 6) is -1.76. The van der Waals surface area contributed by atoms with Crippen molar-refractivity contribution in [2.45, 2.75) is 69.7 Å². The molecular formula is C23H32F2O6. The van der Waals surface area contributed by atoms with Gasteiger partial charge in [-0.3, -0.25) is 4.79 Å². The minimum absolute atomic E-state index is 0.00308. The highest BCUT2D eigenvalue weighted by atomic mass is 19.1. The van der Waals surface area contributed by atoms with Crippen LogP contribution in [0.2, 0.25) is 0 Å². The Bertz CT molecular complexity index is 730. The number of hydrogen-bond acceptors (Lipinski definition) is 5. The Morgan fingerprint density at radius 1 is 1.26 bits per heavy atom. The monoisotopic (exact) mass is 442 g/mol. The van der Waals surface area contributed by atoms with Crippen LogP contribution in [-0.4, -0.2) is 52.8 Å². The van der Waals surface area contributed by atoms with Crippen molar-refractivity contribution in [3.8, 4) is 5.75 Å². The van der Waals surface area contributed by atoms with E-state index in [1.807, 2.05) is 0 Å². The van der Waals surface area contributed by atoms with Crippen LogP contribution in [0.5, 0.6) is 5.75 Å². The summed E-state index contributed by atoms with van der Waals surface area (Å²) in [5.41, 5.74) is 0. The Kier molecular flexibility index (Phi) is 8.63. The molecule has 1 unspecified atom stereocenters. The minimum atomic E-state index is -0.857. The summed E-state index contributed by atoms with van der Waals surface area (Å²) in [6, 6.07) is 2.93. The molecule has 1 heterocycles. The fraction of sp³-hybridized carbons (Fsp3) is 0.696. The van der Waals surface area contributed by atoms with Gasteiger partial charge in [0.05, 0.1) is 18.3 Å². The van der Waals surface area contributed by atoms with Crippen LogP contribution in [0.15, 0.2) is 18.2 Å². The van der Waals surface area contributed by atoms with Gasteiger partial charge in [-0.1, -0.05) is 0 Å². The zero-order valence-electron chi connectivity index (χ0n) is 17.6. The van der Waals surface area contributed by atoms with E-state index in [0.717, 1.165) is 37.5 Å². The van der Waals surface area contributed by atoms with Crippen molar-refractivity contribution in [3.63, 3.8) is 0 Å². The summed E-state index contributed by atoms with van der Waals surface area (Å²) in [7, 11) is 0. The van der Waals surface area contributed by atoms with E-state index in [4.69, 9.17) is 14.6 Å². The second-order valence-electron chi connectivity index (χ2n) is 8.85. The highest BCUT2D eigenvalue weighted by Crippen LogP contribution is 2.43. The summed E-state index contributed by atoms with van der Waals surface area (Å²) < 4.78 is 38.1. The highest BCUT2D eigenvalue weighted by molar-refractivity contribution is 5.66. The molecular weight excluding hydrogens is 410 g/mol. The number of aliphatic hydroxyl groups is 2. The number of fused-ring (bicyclic) bond motifs is 1. The third-order valence-corrected chi connectivity index (χ3v) is 6.61. The summed E-state index contributed by atoms with van der Waals surface area (Å²) in [6.07, 6.45) is 3.66. The van der Waals surface area contributed by atoms with Crippen LogP contribution in [0.4, 0.5) is 8.78 Å². The summed E-state index contributed by atoms with van der Waals surface area (Å²) in [5, 5.41) is 29.6. The molecule has 174 valence electrons. The van der Waals surface area contributed by atoms with Gasteiger partial charge in [-0.25, -0.2) is 8.78 Å². The van der Waals surface area contributed by atoms with E-state index in [1.54, 1.807) is 0 Å². The van der Waals surface area contributed by atoms with Gasteiger partial charge >= 0.3 is 5.97 Å². The number of aliphatic hydroxyl groups excluding tert-OH is 2. The molecule has 6 atom stereocenters. The lowest BCUT2D eigenvalue weighted by Crippen LogP contribution is -2.25. The number of benzene rings is 1. The van der Waals surface area contributed by atoms with Gasteiger partial charge in [0.1, 0.15) is 12.4 Å². The average molecular weight is 442 g/mol. The molecule has 0 spiro atoms. The topological polar surface area (TPSA) is 96.2 Å². The van der Waals surface area contributed by atoms with Crippen molar-refractivity contribution in [2.24, 2.45) is 17.8 Å². The molecule has 1 aromatic carbocycles. The first kappa shape index (κ1) is 23.9. The first-order chi connectivity index (χ1) is 14.8. The van der Waals surface area contributed by atoms with Crippen LogP contribution in [0.1, 0.15) is 51.4 Å². The predicted octanol–water partition coefficient (Wildman–Crippen LogP) is 3.53. The largest absolute Gasteiger partial charge is 0.488 e. The van der Waals surface area contributed by atoms with E-state index in [2.05, 4.69) is 0 Å². The first-order valence-corrected chi connectivity index (χ1v) is 11.1. The normalized spacial score (nSPS) is 29.2. The fourth-order valence-corrected chi connectivity index (χ4v) is 4.93. The lowest BCUT2D eigenvalue weighted by atomic mass is 9.84. The van der Waals surface area contributed by atoms with Crippen LogP contribution in [0.25, 0.3) is 0 Å². The number of hydrogen-bond donors (Lipinski definition) is 3. The molecule has 1 aromatic rings. The van der Waals surface area contributed by atoms with Gasteiger partial charge in [-0.05, 0) is 68.4 Å². The van der Waals surface area contributed by atoms with Crippen LogP contribution in [0.3, 0.4) is 0 Å². The first-order valence-electron chi connectivity index (χ1n) is 11.1. The van der Waals surface area contributed by atoms with Crippen LogP contribution < -0.4 is 4.74 Å². The maximum absolute atomic E-state index is 13.6. The number of carbonyl (C=O) groups is 1. The number of rotatable bonds is 10. The van der Waals surface area contributed by atoms with Gasteiger partial charge in [-0.15, -0.1) is 0 Å². The number of carboxylic acids is 1. The molecule has 3 rings (SSSR count). The molecule has 0 aromatic heterocycles. The quantitative estimate of drug-likeness (QED) is 0.513. The van der Waals surface area contributed by atoms with Crippen molar-refractivity contribution >= 4 is 5.97 Å². The Hall–Kier alpha value is -1.77. The molecule has 2 fully saturated rings. The van der Waals surface area contributed by atoms with Gasteiger partial charge in [0, 0.05) is 25.5 Å². The molecule has 1 aliphatic heterocycles. The highest BCUT2D eigenvalue weighted by Gasteiger charge is 2.44. The van der Waals surface area contributed by atoms with Gasteiger partial charge in [0.25, 0.3) is 0 Å². The van der Waals surface area contributed by atoms with Gasteiger partial charge in [-0.2, -0.15) is 0 Å². The third-order valence-electron chi connectivity index (χ3n) is 6.61. The Labute approximate surface area is 181 Å². The Balaban J connectivity index is 1.45. The van der Waals surface area contributed by atoms with Crippen molar-refractivity contribution in [1.82, 2.24) is 0 Å². The van der Waals surface area contributed by atoms with E-state index in [1.165, 1.54) is 0 Å². The third kappa shape index (κ3) is 6.85. The van der Waals surface area contributed by atoms with E-state index in [-0.39, 0.29) is 36.7 Å². The molecule has 0 radical (unpaired) electrons. The SMILES string of the molecule is O=C(O)CCC[C@H]1CC[C@@H]2[C@@H](CCC(O)COc3cc(F)ccc3F)[C@H](O)C[C@@H]2OC1. The average Bonchev–Trinajstić information content (AvgIpc) is 2.88. The zero-order valence-corrected chi connectivity index (χ0v) is 17.6. The lowest BCUT2D eigenvalue weighted by Gasteiger charge is -2.24. The van der Waals surface area contributed by atoms with Crippen molar-refractivity contribution < 1.29 is 38.4 Å². The maximum Gasteiger partial charge on any atom is 0.303 e. The van der Waals surface area contributed by atoms with E-state index >= 15 is 0 Å². The molecule has 31 heavy (non-hydrogen) atoms. The van der Waals surface area contributed by atoms with Crippen LogP contribution in [0, 0.1) is 29.4 Å². The molecule has 1 saturated heterocycles. The smallest absolute Gasteiger partial charge is 0.303 e. The van der Waals surface area contributed by atoms with Crippen LogP contribution in [-0.2, 0) is 9.53 Å². The number of aliphatic carboxylic acids is 1. The molecule has 0 bridgehead atoms. The number of carboxylic acid groups (broad SMARTS) is 1. The van der Waals surface area contributed by atoms with Gasteiger partial charge < -0.3 is 24.8 Å². The molecule has 3 N–H and O–H groups in total. The van der Waals surface area contributed by atoms with E-state index in [9.17, 15) is 23.8 Å². The minimum Gasteiger partial charge on any atom is -0.488 e. The summed E-state index contributed by atoms with van der Waals surface area (Å²) in [4.78, 5) is 10.7. The Morgan fingerprint density at radius 3 is 2.84 bits per heavy atom. The predicted molar refractivity (Wildman–Crippen MR) is 109 cm³/mol.